The van der Waals surface area contributed by atoms with Crippen LogP contribution in [-0.2, 0) is 12.8 Å². The van der Waals surface area contributed by atoms with Crippen molar-refractivity contribution in [1.29, 1.82) is 0 Å². The van der Waals surface area contributed by atoms with Gasteiger partial charge in [-0.05, 0) is 44.1 Å². The molecule has 0 radical (unpaired) electrons. The third-order valence-corrected chi connectivity index (χ3v) is 5.13. The molecule has 0 spiro atoms. The smallest absolute Gasteiger partial charge is 0.191 e. The number of fused-ring (bicyclic) bond motifs is 1. The molecule has 1 heterocycles. The summed E-state index contributed by atoms with van der Waals surface area (Å²) in [6, 6.07) is 19.4. The minimum absolute atomic E-state index is 0. The van der Waals surface area contributed by atoms with E-state index in [0.717, 1.165) is 31.9 Å². The van der Waals surface area contributed by atoms with Crippen molar-refractivity contribution in [1.82, 2.24) is 20.5 Å². The van der Waals surface area contributed by atoms with Gasteiger partial charge < -0.3 is 20.5 Å². The van der Waals surface area contributed by atoms with Crippen molar-refractivity contribution in [3.63, 3.8) is 0 Å². The summed E-state index contributed by atoms with van der Waals surface area (Å²) in [5.41, 5.74) is 3.87. The van der Waals surface area contributed by atoms with Crippen LogP contribution in [0.3, 0.4) is 0 Å². The number of benzene rings is 2. The summed E-state index contributed by atoms with van der Waals surface area (Å²) in [6.07, 6.45) is 4.06. The summed E-state index contributed by atoms with van der Waals surface area (Å²) in [5, 5.41) is 8.21. The van der Waals surface area contributed by atoms with Crippen LogP contribution in [-0.4, -0.2) is 56.1 Å². The van der Waals surface area contributed by atoms with Crippen LogP contribution < -0.4 is 10.6 Å². The molecule has 0 amide bonds. The quantitative estimate of drug-likeness (QED) is 0.249. The fraction of sp³-hybridized carbons (Fsp3) is 0.348. The standard InChI is InChI=1S/C23H31N5.HI/c1-24-23(25-14-13-19-16-26-22-12-8-7-11-21(19)22)27-17-20(28(2)3)15-18-9-5-4-6-10-18;/h4-12,16,20,26H,13-15,17H2,1-3H3,(H2,24,25,27);1H. The summed E-state index contributed by atoms with van der Waals surface area (Å²) < 4.78 is 0. The van der Waals surface area contributed by atoms with Crippen molar-refractivity contribution in [3.8, 4) is 0 Å². The second kappa shape index (κ2) is 11.8. The van der Waals surface area contributed by atoms with Gasteiger partial charge in [0.1, 0.15) is 0 Å². The molecule has 0 saturated heterocycles. The molecule has 29 heavy (non-hydrogen) atoms. The lowest BCUT2D eigenvalue weighted by molar-refractivity contribution is 0.290. The van der Waals surface area contributed by atoms with Gasteiger partial charge in [0.25, 0.3) is 0 Å². The van der Waals surface area contributed by atoms with Crippen LogP contribution in [0.2, 0.25) is 0 Å². The topological polar surface area (TPSA) is 55.5 Å². The number of halogens is 1. The molecule has 5 nitrogen and oxygen atoms in total. The number of H-pyrrole nitrogens is 1. The number of rotatable bonds is 8. The summed E-state index contributed by atoms with van der Waals surface area (Å²) in [6.45, 7) is 1.68. The van der Waals surface area contributed by atoms with E-state index in [-0.39, 0.29) is 24.0 Å². The maximum atomic E-state index is 4.38. The van der Waals surface area contributed by atoms with Gasteiger partial charge in [-0.15, -0.1) is 24.0 Å². The lowest BCUT2D eigenvalue weighted by Gasteiger charge is -2.25. The van der Waals surface area contributed by atoms with Gasteiger partial charge in [-0.3, -0.25) is 4.99 Å². The van der Waals surface area contributed by atoms with E-state index >= 15 is 0 Å². The number of likely N-dealkylation sites (N-methyl/N-ethyl adjacent to an activating group) is 1. The number of nitrogens with zero attached hydrogens (tertiary/aromatic N) is 2. The Kier molecular flexibility index (Phi) is 9.47. The van der Waals surface area contributed by atoms with Gasteiger partial charge in [0.2, 0.25) is 0 Å². The second-order valence-corrected chi connectivity index (χ2v) is 7.30. The van der Waals surface area contributed by atoms with Crippen LogP contribution in [0, 0.1) is 0 Å². The number of hydrogen-bond acceptors (Lipinski definition) is 2. The number of aromatic amines is 1. The molecular weight excluding hydrogens is 473 g/mol. The lowest BCUT2D eigenvalue weighted by atomic mass is 10.1. The van der Waals surface area contributed by atoms with Crippen molar-refractivity contribution in [2.75, 3.05) is 34.2 Å². The largest absolute Gasteiger partial charge is 0.361 e. The summed E-state index contributed by atoms with van der Waals surface area (Å²) >= 11 is 0. The van der Waals surface area contributed by atoms with Crippen molar-refractivity contribution in [3.05, 3.63) is 71.9 Å². The molecule has 1 aromatic heterocycles. The Bertz CT molecular complexity index is 888. The number of aliphatic imine (C=N–C) groups is 1. The average molecular weight is 505 g/mol. The second-order valence-electron chi connectivity index (χ2n) is 7.30. The molecule has 1 atom stereocenters. The number of nitrogens with one attached hydrogen (secondary N) is 3. The number of hydrogen-bond donors (Lipinski definition) is 3. The first kappa shape index (κ1) is 23.2. The molecule has 1 unspecified atom stereocenters. The van der Waals surface area contributed by atoms with Crippen molar-refractivity contribution >= 4 is 40.8 Å². The molecule has 6 heteroatoms. The molecule has 0 aliphatic rings. The Morgan fingerprint density at radius 3 is 2.48 bits per heavy atom. The van der Waals surface area contributed by atoms with Crippen LogP contribution in [0.4, 0.5) is 0 Å². The fourth-order valence-electron chi connectivity index (χ4n) is 3.41. The maximum absolute atomic E-state index is 4.38. The monoisotopic (exact) mass is 505 g/mol. The zero-order valence-corrected chi connectivity index (χ0v) is 19.8. The highest BCUT2D eigenvalue weighted by Crippen LogP contribution is 2.17. The van der Waals surface area contributed by atoms with E-state index in [0.29, 0.717) is 6.04 Å². The molecule has 0 saturated carbocycles. The van der Waals surface area contributed by atoms with E-state index in [1.54, 1.807) is 0 Å². The van der Waals surface area contributed by atoms with Gasteiger partial charge in [0.15, 0.2) is 5.96 Å². The molecule has 3 rings (SSSR count). The Labute approximate surface area is 191 Å². The molecule has 0 aliphatic heterocycles. The normalized spacial score (nSPS) is 12.6. The van der Waals surface area contributed by atoms with Gasteiger partial charge in [0, 0.05) is 43.3 Å². The first-order valence-electron chi connectivity index (χ1n) is 9.87. The SMILES string of the molecule is CN=C(NCCc1c[nH]c2ccccc12)NCC(Cc1ccccc1)N(C)C.I. The molecule has 0 aliphatic carbocycles. The lowest BCUT2D eigenvalue weighted by Crippen LogP contribution is -2.46. The van der Waals surface area contributed by atoms with Crippen LogP contribution >= 0.6 is 24.0 Å². The molecule has 156 valence electrons. The molecule has 0 bridgehead atoms. The van der Waals surface area contributed by atoms with Gasteiger partial charge in [-0.2, -0.15) is 0 Å². The van der Waals surface area contributed by atoms with E-state index in [1.807, 2.05) is 7.05 Å². The summed E-state index contributed by atoms with van der Waals surface area (Å²) in [7, 11) is 6.08. The van der Waals surface area contributed by atoms with E-state index in [2.05, 4.69) is 100 Å². The van der Waals surface area contributed by atoms with E-state index in [9.17, 15) is 0 Å². The molecular formula is C23H32IN5. The molecule has 3 aromatic rings. The molecule has 2 aromatic carbocycles. The van der Waals surface area contributed by atoms with Crippen LogP contribution in [0.1, 0.15) is 11.1 Å². The van der Waals surface area contributed by atoms with Crippen molar-refractivity contribution in [2.45, 2.75) is 18.9 Å². The summed E-state index contributed by atoms with van der Waals surface area (Å²) in [4.78, 5) is 9.98. The van der Waals surface area contributed by atoms with E-state index in [1.165, 1.54) is 22.0 Å². The number of aromatic nitrogens is 1. The Balaban J connectivity index is 0.00000300. The highest BCUT2D eigenvalue weighted by Gasteiger charge is 2.13. The zero-order chi connectivity index (χ0) is 19.8. The van der Waals surface area contributed by atoms with Gasteiger partial charge in [-0.25, -0.2) is 0 Å². The van der Waals surface area contributed by atoms with Crippen LogP contribution in [0.25, 0.3) is 10.9 Å². The van der Waals surface area contributed by atoms with E-state index in [4.69, 9.17) is 0 Å². The Morgan fingerprint density at radius 1 is 1.03 bits per heavy atom. The van der Waals surface area contributed by atoms with Crippen molar-refractivity contribution < 1.29 is 0 Å². The Hall–Kier alpha value is -2.06. The third kappa shape index (κ3) is 6.75. The fourth-order valence-corrected chi connectivity index (χ4v) is 3.41. The first-order chi connectivity index (χ1) is 13.7. The first-order valence-corrected chi connectivity index (χ1v) is 9.87. The highest BCUT2D eigenvalue weighted by molar-refractivity contribution is 14.0. The zero-order valence-electron chi connectivity index (χ0n) is 17.5. The third-order valence-electron chi connectivity index (χ3n) is 5.13. The summed E-state index contributed by atoms with van der Waals surface area (Å²) in [5.74, 6) is 0.847. The van der Waals surface area contributed by atoms with Gasteiger partial charge in [0.05, 0.1) is 0 Å². The van der Waals surface area contributed by atoms with Crippen LogP contribution in [0.5, 0.6) is 0 Å². The van der Waals surface area contributed by atoms with E-state index < -0.39 is 0 Å². The highest BCUT2D eigenvalue weighted by atomic mass is 127. The average Bonchev–Trinajstić information content (AvgIpc) is 3.13. The predicted octanol–water partition coefficient (Wildman–Crippen LogP) is 3.67. The van der Waals surface area contributed by atoms with Crippen molar-refractivity contribution in [2.24, 2.45) is 4.99 Å². The minimum Gasteiger partial charge on any atom is -0.361 e. The number of guanidine groups is 1. The minimum atomic E-state index is 0. The predicted molar refractivity (Wildman–Crippen MR) is 134 cm³/mol. The van der Waals surface area contributed by atoms with Crippen LogP contribution in [0.15, 0.2) is 65.8 Å². The molecule has 3 N–H and O–H groups in total. The Morgan fingerprint density at radius 2 is 1.76 bits per heavy atom. The van der Waals surface area contributed by atoms with Gasteiger partial charge >= 0.3 is 0 Å². The molecule has 0 fully saturated rings. The number of para-hydroxylation sites is 1. The maximum Gasteiger partial charge on any atom is 0.191 e. The van der Waals surface area contributed by atoms with Gasteiger partial charge in [-0.1, -0.05) is 48.5 Å².